The molecular weight excluding hydrogens is 1070 g/mol. The monoisotopic (exact) mass is 1130 g/mol. The number of nitrogens with one attached hydrogen (secondary N) is 2. The minimum absolute atomic E-state index is 0.00717. The van der Waals surface area contributed by atoms with Crippen LogP contribution in [0.2, 0.25) is 0 Å². The highest BCUT2D eigenvalue weighted by atomic mass is 16.5. The van der Waals surface area contributed by atoms with Crippen molar-refractivity contribution in [2.24, 2.45) is 0 Å². The summed E-state index contributed by atoms with van der Waals surface area (Å²) in [6.07, 6.45) is 14.4. The second kappa shape index (κ2) is 33.2. The SMILES string of the molecule is CC(=O)Oc1ccc(/C=C/C(=O)NCCN(CCN(CCN(CCNC(=O)/C=C/c2ccc(OC(C)=O)cc2)C(=O)/C=C/c2ccc(OC(C)=O)cc2)C(=O)/C=C/c2ccc(OC(C)=O)cc2)C(=O)/C=C/c2ccc(OC(C)=O)cc2)cc1. The normalized spacial score (nSPS) is 11.1. The van der Waals surface area contributed by atoms with E-state index < -0.39 is 59.4 Å². The molecule has 0 saturated carbocycles. The van der Waals surface area contributed by atoms with Crippen molar-refractivity contribution in [3.63, 3.8) is 0 Å². The summed E-state index contributed by atoms with van der Waals surface area (Å²) in [7, 11) is 0. The van der Waals surface area contributed by atoms with Crippen molar-refractivity contribution in [3.05, 3.63) is 180 Å². The summed E-state index contributed by atoms with van der Waals surface area (Å²) < 4.78 is 25.5. The van der Waals surface area contributed by atoms with Crippen molar-refractivity contribution in [1.82, 2.24) is 25.3 Å². The molecule has 0 spiro atoms. The Balaban J connectivity index is 1.39. The smallest absolute Gasteiger partial charge is 0.308 e. The number of rotatable bonds is 27. The van der Waals surface area contributed by atoms with Gasteiger partial charge in [-0.15, -0.1) is 0 Å². The van der Waals surface area contributed by atoms with E-state index in [1.54, 1.807) is 152 Å². The van der Waals surface area contributed by atoms with Crippen LogP contribution in [-0.4, -0.2) is 126 Å². The molecule has 20 nitrogen and oxygen atoms in total. The third-order valence-electron chi connectivity index (χ3n) is 11.4. The van der Waals surface area contributed by atoms with Gasteiger partial charge in [-0.05, 0) is 119 Å². The summed E-state index contributed by atoms with van der Waals surface area (Å²) in [6, 6.07) is 32.3. The van der Waals surface area contributed by atoms with Gasteiger partial charge in [0.15, 0.2) is 0 Å². The molecule has 0 aliphatic carbocycles. The van der Waals surface area contributed by atoms with E-state index in [2.05, 4.69) is 10.6 Å². The molecule has 0 heterocycles. The van der Waals surface area contributed by atoms with E-state index in [4.69, 9.17) is 23.7 Å². The number of esters is 5. The number of amides is 5. The summed E-state index contributed by atoms with van der Waals surface area (Å²) in [5.41, 5.74) is 3.11. The minimum Gasteiger partial charge on any atom is -0.427 e. The average molecular weight is 1130 g/mol. The Morgan fingerprint density at radius 3 is 0.699 bits per heavy atom. The molecule has 0 aliphatic heterocycles. The number of benzene rings is 5. The molecule has 0 saturated heterocycles. The molecule has 5 aromatic rings. The molecule has 0 fully saturated rings. The molecule has 0 bridgehead atoms. The van der Waals surface area contributed by atoms with Crippen LogP contribution in [-0.2, 0) is 47.9 Å². The van der Waals surface area contributed by atoms with E-state index >= 15 is 0 Å². The molecule has 2 N–H and O–H groups in total. The summed E-state index contributed by atoms with van der Waals surface area (Å²) >= 11 is 0. The topological polar surface area (TPSA) is 251 Å². The van der Waals surface area contributed by atoms with Crippen LogP contribution in [0.25, 0.3) is 30.4 Å². The largest absolute Gasteiger partial charge is 0.427 e. The highest BCUT2D eigenvalue weighted by Crippen LogP contribution is 2.18. The Morgan fingerprint density at radius 1 is 0.301 bits per heavy atom. The molecule has 20 heteroatoms. The van der Waals surface area contributed by atoms with Crippen LogP contribution in [0.1, 0.15) is 62.4 Å². The van der Waals surface area contributed by atoms with Crippen molar-refractivity contribution in [2.75, 3.05) is 52.4 Å². The Labute approximate surface area is 480 Å². The summed E-state index contributed by atoms with van der Waals surface area (Å²) in [5, 5.41) is 5.56. The Hall–Kier alpha value is -10.5. The lowest BCUT2D eigenvalue weighted by atomic mass is 10.2. The predicted molar refractivity (Wildman–Crippen MR) is 310 cm³/mol. The van der Waals surface area contributed by atoms with Gasteiger partial charge in [0, 0.05) is 117 Å². The highest BCUT2D eigenvalue weighted by Gasteiger charge is 2.20. The maximum Gasteiger partial charge on any atom is 0.308 e. The van der Waals surface area contributed by atoms with Gasteiger partial charge in [0.2, 0.25) is 29.5 Å². The lowest BCUT2D eigenvalue weighted by molar-refractivity contribution is -0.132. The van der Waals surface area contributed by atoms with Crippen LogP contribution >= 0.6 is 0 Å². The van der Waals surface area contributed by atoms with Crippen LogP contribution in [0, 0.1) is 0 Å². The molecule has 0 aromatic heterocycles. The first-order chi connectivity index (χ1) is 39.8. The van der Waals surface area contributed by atoms with E-state index in [0.717, 1.165) is 0 Å². The highest BCUT2D eigenvalue weighted by molar-refractivity contribution is 5.95. The minimum atomic E-state index is -0.504. The Morgan fingerprint density at radius 2 is 0.494 bits per heavy atom. The molecule has 0 atom stereocenters. The van der Waals surface area contributed by atoms with Crippen molar-refractivity contribution in [2.45, 2.75) is 34.6 Å². The van der Waals surface area contributed by atoms with Gasteiger partial charge in [0.05, 0.1) is 0 Å². The fourth-order valence-corrected chi connectivity index (χ4v) is 7.45. The zero-order valence-electron chi connectivity index (χ0n) is 46.4. The first-order valence-corrected chi connectivity index (χ1v) is 26.0. The van der Waals surface area contributed by atoms with Crippen LogP contribution in [0.5, 0.6) is 28.7 Å². The maximum absolute atomic E-state index is 14.3. The number of carbonyl (C=O) groups is 10. The molecule has 5 aromatic carbocycles. The summed E-state index contributed by atoms with van der Waals surface area (Å²) in [5.74, 6) is -3.22. The predicted octanol–water partition coefficient (Wildman–Crippen LogP) is 6.90. The number of ether oxygens (including phenoxy) is 5. The van der Waals surface area contributed by atoms with E-state index in [0.29, 0.717) is 56.6 Å². The van der Waals surface area contributed by atoms with E-state index in [-0.39, 0.29) is 52.4 Å². The van der Waals surface area contributed by atoms with Gasteiger partial charge in [0.25, 0.3) is 0 Å². The Bertz CT molecular complexity index is 3060. The molecule has 83 heavy (non-hydrogen) atoms. The Kier molecular flexibility index (Phi) is 25.3. The van der Waals surface area contributed by atoms with E-state index in [9.17, 15) is 47.9 Å². The number of hydrogen-bond acceptors (Lipinski definition) is 15. The van der Waals surface area contributed by atoms with Gasteiger partial charge in [-0.2, -0.15) is 0 Å². The van der Waals surface area contributed by atoms with E-state index in [1.165, 1.54) is 79.7 Å². The van der Waals surface area contributed by atoms with Crippen molar-refractivity contribution < 1.29 is 71.6 Å². The molecule has 0 unspecified atom stereocenters. The molecule has 5 rings (SSSR count). The molecule has 0 aliphatic rings. The lowest BCUT2D eigenvalue weighted by Gasteiger charge is -2.29. The van der Waals surface area contributed by atoms with E-state index in [1.807, 2.05) is 0 Å². The first kappa shape index (κ1) is 63.3. The van der Waals surface area contributed by atoms with Gasteiger partial charge in [-0.1, -0.05) is 60.7 Å². The van der Waals surface area contributed by atoms with Gasteiger partial charge < -0.3 is 49.0 Å². The molecule has 0 radical (unpaired) electrons. The third-order valence-corrected chi connectivity index (χ3v) is 11.4. The van der Waals surface area contributed by atoms with Gasteiger partial charge in [0.1, 0.15) is 28.7 Å². The summed E-state index contributed by atoms with van der Waals surface area (Å²) in [6.45, 7) is 6.10. The van der Waals surface area contributed by atoms with Crippen molar-refractivity contribution >= 4 is 89.8 Å². The first-order valence-electron chi connectivity index (χ1n) is 26.0. The standard InChI is InChI=1S/C63H63N5O15/c1-44(69)79-54-21-6-49(7-22-54)16-31-59(74)64-36-38-66(61(76)33-18-51-10-25-56(26-11-51)81-46(3)71)40-42-68(63(78)35-20-53-14-29-58(30-15-53)83-48(5)73)43-41-67(62(77)34-19-52-12-27-57(28-13-52)82-47(4)72)39-37-65-60(75)32-17-50-8-23-55(24-9-50)80-45(2)70/h6-35H,36-43H2,1-5H3,(H,64,74)(H,65,75)/b31-16+,32-17+,33-18+,34-19+,35-20+. The average Bonchev–Trinajstić information content (AvgIpc) is 3.44. The van der Waals surface area contributed by atoms with Crippen LogP contribution in [0.15, 0.2) is 152 Å². The maximum atomic E-state index is 14.3. The van der Waals surface area contributed by atoms with Crippen LogP contribution in [0.3, 0.4) is 0 Å². The van der Waals surface area contributed by atoms with Gasteiger partial charge in [-0.3, -0.25) is 47.9 Å². The number of hydrogen-bond donors (Lipinski definition) is 2. The fraction of sp³-hybridized carbons (Fsp3) is 0.206. The second-order valence-electron chi connectivity index (χ2n) is 18.0. The zero-order chi connectivity index (χ0) is 60.1. The quantitative estimate of drug-likeness (QED) is 0.0308. The van der Waals surface area contributed by atoms with Crippen LogP contribution in [0.4, 0.5) is 0 Å². The molecule has 5 amide bonds. The third kappa shape index (κ3) is 24.6. The van der Waals surface area contributed by atoms with Crippen molar-refractivity contribution in [1.29, 1.82) is 0 Å². The number of nitrogens with zero attached hydrogens (tertiary/aromatic N) is 3. The van der Waals surface area contributed by atoms with Gasteiger partial charge in [-0.25, -0.2) is 0 Å². The zero-order valence-corrected chi connectivity index (χ0v) is 46.4. The van der Waals surface area contributed by atoms with Gasteiger partial charge >= 0.3 is 29.8 Å². The fourth-order valence-electron chi connectivity index (χ4n) is 7.45. The van der Waals surface area contributed by atoms with Crippen molar-refractivity contribution in [3.8, 4) is 28.7 Å². The molecular formula is C63H63N5O15. The van der Waals surface area contributed by atoms with Crippen LogP contribution < -0.4 is 34.3 Å². The number of carbonyl (C=O) groups excluding carboxylic acids is 10. The second-order valence-corrected chi connectivity index (χ2v) is 18.0. The summed E-state index contributed by atoms with van der Waals surface area (Å²) in [4.78, 5) is 130. The lowest BCUT2D eigenvalue weighted by Crippen LogP contribution is -2.46. The molecule has 430 valence electrons.